The lowest BCUT2D eigenvalue weighted by molar-refractivity contribution is -0.136. The molecule has 0 aromatic carbocycles. The van der Waals surface area contributed by atoms with Crippen LogP contribution in [0.5, 0.6) is 5.95 Å². The van der Waals surface area contributed by atoms with E-state index >= 15 is 0 Å². The van der Waals surface area contributed by atoms with Crippen molar-refractivity contribution in [2.75, 3.05) is 19.8 Å². The highest BCUT2D eigenvalue weighted by molar-refractivity contribution is 5.86. The zero-order valence-electron chi connectivity index (χ0n) is 8.92. The Morgan fingerprint density at radius 2 is 2.00 bits per heavy atom. The number of aliphatic hydroxyl groups is 2. The van der Waals surface area contributed by atoms with Gasteiger partial charge in [-0.25, -0.2) is 4.79 Å². The molecule has 0 amide bonds. The minimum Gasteiger partial charge on any atom is -0.457 e. The highest BCUT2D eigenvalue weighted by atomic mass is 16.6. The van der Waals surface area contributed by atoms with Gasteiger partial charge < -0.3 is 24.1 Å². The number of aliphatic hydroxyl groups excluding tert-OH is 2. The van der Waals surface area contributed by atoms with Crippen molar-refractivity contribution in [1.82, 2.24) is 0 Å². The van der Waals surface area contributed by atoms with Gasteiger partial charge >= 0.3 is 11.9 Å². The molecule has 0 saturated carbocycles. The molecule has 0 radical (unpaired) electrons. The van der Waals surface area contributed by atoms with Crippen LogP contribution in [0.2, 0.25) is 0 Å². The van der Waals surface area contributed by atoms with Gasteiger partial charge in [0.1, 0.15) is 6.61 Å². The molecule has 7 nitrogen and oxygen atoms in total. The van der Waals surface area contributed by atoms with E-state index in [2.05, 4.69) is 9.47 Å². The molecule has 94 valence electrons. The molecule has 0 bridgehead atoms. The van der Waals surface area contributed by atoms with E-state index in [4.69, 9.17) is 14.6 Å². The van der Waals surface area contributed by atoms with Crippen molar-refractivity contribution in [3.8, 4) is 5.95 Å². The lowest BCUT2D eigenvalue weighted by atomic mass is 10.4. The maximum atomic E-state index is 11.2. The second-order valence-electron chi connectivity index (χ2n) is 2.93. The van der Waals surface area contributed by atoms with E-state index in [1.54, 1.807) is 0 Å². The van der Waals surface area contributed by atoms with E-state index in [-0.39, 0.29) is 37.9 Å². The average Bonchev–Trinajstić information content (AvgIpc) is 2.74. The largest absolute Gasteiger partial charge is 0.457 e. The van der Waals surface area contributed by atoms with E-state index in [9.17, 15) is 9.59 Å². The summed E-state index contributed by atoms with van der Waals surface area (Å²) >= 11 is 0. The molecule has 1 aromatic heterocycles. The third-order valence-corrected chi connectivity index (χ3v) is 1.64. The van der Waals surface area contributed by atoms with Gasteiger partial charge in [0.15, 0.2) is 0 Å². The Morgan fingerprint density at radius 1 is 1.24 bits per heavy atom. The van der Waals surface area contributed by atoms with Gasteiger partial charge in [0.2, 0.25) is 5.76 Å². The van der Waals surface area contributed by atoms with Crippen molar-refractivity contribution in [2.45, 2.75) is 6.42 Å². The molecule has 17 heavy (non-hydrogen) atoms. The number of furan rings is 1. The number of carbonyl (C=O) groups excluding carboxylic acids is 2. The number of carbonyl (C=O) groups is 2. The summed E-state index contributed by atoms with van der Waals surface area (Å²) in [5.41, 5.74) is 0. The topological polar surface area (TPSA) is 106 Å². The maximum Gasteiger partial charge on any atom is 0.374 e. The fraction of sp³-hybridized carbons (Fsp3) is 0.400. The fourth-order valence-electron chi connectivity index (χ4n) is 0.949. The zero-order valence-corrected chi connectivity index (χ0v) is 8.92. The predicted molar refractivity (Wildman–Crippen MR) is 53.4 cm³/mol. The lowest BCUT2D eigenvalue weighted by Crippen LogP contribution is -2.09. The fourth-order valence-corrected chi connectivity index (χ4v) is 0.949. The summed E-state index contributed by atoms with van der Waals surface area (Å²) in [6, 6.07) is 2.56. The summed E-state index contributed by atoms with van der Waals surface area (Å²) in [4.78, 5) is 22.2. The molecule has 0 spiro atoms. The van der Waals surface area contributed by atoms with Crippen LogP contribution in [0.4, 0.5) is 0 Å². The van der Waals surface area contributed by atoms with Crippen LogP contribution in [0.15, 0.2) is 16.5 Å². The zero-order chi connectivity index (χ0) is 12.7. The first kappa shape index (κ1) is 13.2. The molecular weight excluding hydrogens is 232 g/mol. The first-order valence-electron chi connectivity index (χ1n) is 4.86. The highest BCUT2D eigenvalue weighted by Crippen LogP contribution is 2.17. The summed E-state index contributed by atoms with van der Waals surface area (Å²) < 4.78 is 14.1. The number of hydrogen-bond acceptors (Lipinski definition) is 7. The van der Waals surface area contributed by atoms with Crippen LogP contribution in [0.25, 0.3) is 0 Å². The lowest BCUT2D eigenvalue weighted by Gasteiger charge is -1.99. The maximum absolute atomic E-state index is 11.2. The van der Waals surface area contributed by atoms with Crippen molar-refractivity contribution >= 4 is 11.9 Å². The molecule has 0 aliphatic carbocycles. The first-order valence-corrected chi connectivity index (χ1v) is 4.86. The normalized spacial score (nSPS) is 10.0. The summed E-state index contributed by atoms with van der Waals surface area (Å²) in [7, 11) is 0. The third kappa shape index (κ3) is 4.25. The van der Waals surface area contributed by atoms with Gasteiger partial charge in [-0.1, -0.05) is 0 Å². The summed E-state index contributed by atoms with van der Waals surface area (Å²) in [5, 5.41) is 16.9. The summed E-state index contributed by atoms with van der Waals surface area (Å²) in [6.45, 7) is -0.755. The minimum atomic E-state index is -0.761. The Kier molecular flexibility index (Phi) is 5.18. The molecule has 0 fully saturated rings. The quantitative estimate of drug-likeness (QED) is 0.662. The van der Waals surface area contributed by atoms with Crippen molar-refractivity contribution in [3.05, 3.63) is 17.9 Å². The molecule has 0 aliphatic rings. The van der Waals surface area contributed by atoms with E-state index in [0.717, 1.165) is 0 Å². The van der Waals surface area contributed by atoms with Crippen LogP contribution < -0.4 is 4.74 Å². The van der Waals surface area contributed by atoms with E-state index < -0.39 is 11.9 Å². The summed E-state index contributed by atoms with van der Waals surface area (Å²) in [5.74, 6) is -1.72. The monoisotopic (exact) mass is 244 g/mol. The molecule has 0 atom stereocenters. The van der Waals surface area contributed by atoms with Crippen molar-refractivity contribution < 1.29 is 33.7 Å². The molecule has 1 heterocycles. The second-order valence-corrected chi connectivity index (χ2v) is 2.93. The smallest absolute Gasteiger partial charge is 0.374 e. The SMILES string of the molecule is O=C(CCO)Oc1ccc(C(=O)OCCO)o1. The van der Waals surface area contributed by atoms with Gasteiger partial charge in [-0.2, -0.15) is 0 Å². The molecule has 0 unspecified atom stereocenters. The van der Waals surface area contributed by atoms with Crippen LogP contribution in [0.1, 0.15) is 17.0 Å². The molecule has 1 aromatic rings. The van der Waals surface area contributed by atoms with Gasteiger partial charge in [0.25, 0.3) is 5.95 Å². The Bertz CT molecular complexity index is 382. The van der Waals surface area contributed by atoms with Crippen molar-refractivity contribution in [1.29, 1.82) is 0 Å². The molecule has 7 heteroatoms. The van der Waals surface area contributed by atoms with Crippen molar-refractivity contribution in [2.24, 2.45) is 0 Å². The average molecular weight is 244 g/mol. The molecule has 1 rings (SSSR count). The molecule has 2 N–H and O–H groups in total. The van der Waals surface area contributed by atoms with Crippen LogP contribution in [0, 0.1) is 0 Å². The van der Waals surface area contributed by atoms with E-state index in [1.807, 2.05) is 0 Å². The van der Waals surface area contributed by atoms with Gasteiger partial charge in [-0.15, -0.1) is 0 Å². The van der Waals surface area contributed by atoms with Gasteiger partial charge in [-0.3, -0.25) is 4.79 Å². The van der Waals surface area contributed by atoms with E-state index in [0.29, 0.717) is 0 Å². The predicted octanol–water partition coefficient (Wildman–Crippen LogP) is -0.284. The summed E-state index contributed by atoms with van der Waals surface area (Å²) in [6.07, 6.45) is -0.162. The number of ether oxygens (including phenoxy) is 2. The van der Waals surface area contributed by atoms with Crippen LogP contribution >= 0.6 is 0 Å². The van der Waals surface area contributed by atoms with Crippen LogP contribution in [0.3, 0.4) is 0 Å². The Hall–Kier alpha value is -1.86. The molecule has 0 saturated heterocycles. The van der Waals surface area contributed by atoms with Gasteiger partial charge in [-0.05, 0) is 6.07 Å². The second kappa shape index (κ2) is 6.66. The Balaban J connectivity index is 2.52. The number of hydrogen-bond donors (Lipinski definition) is 2. The van der Waals surface area contributed by atoms with Crippen LogP contribution in [-0.2, 0) is 9.53 Å². The van der Waals surface area contributed by atoms with Gasteiger partial charge in [0, 0.05) is 6.07 Å². The van der Waals surface area contributed by atoms with Crippen LogP contribution in [-0.4, -0.2) is 42.0 Å². The molecule has 0 aliphatic heterocycles. The Labute approximate surface area is 96.6 Å². The van der Waals surface area contributed by atoms with E-state index in [1.165, 1.54) is 12.1 Å². The minimum absolute atomic E-state index is 0.134. The van der Waals surface area contributed by atoms with Crippen molar-refractivity contribution in [3.63, 3.8) is 0 Å². The third-order valence-electron chi connectivity index (χ3n) is 1.64. The molecular formula is C10H12O7. The first-order chi connectivity index (χ1) is 8.17. The number of esters is 2. The number of rotatable bonds is 6. The highest BCUT2D eigenvalue weighted by Gasteiger charge is 2.14. The van der Waals surface area contributed by atoms with Gasteiger partial charge in [0.05, 0.1) is 19.6 Å². The Morgan fingerprint density at radius 3 is 2.65 bits per heavy atom. The standard InChI is InChI=1S/C10H12O7/c11-4-3-8(13)17-9-2-1-7(16-9)10(14)15-6-5-12/h1-2,11-12H,3-6H2.